The van der Waals surface area contributed by atoms with Crippen LogP contribution in [0.25, 0.3) is 0 Å². The van der Waals surface area contributed by atoms with Crippen LogP contribution in [-0.4, -0.2) is 0 Å². The van der Waals surface area contributed by atoms with Crippen LogP contribution in [0.1, 0.15) is 12.6 Å². The molecule has 0 saturated carbocycles. The Kier molecular flexibility index (Phi) is 4.34. The van der Waals surface area contributed by atoms with Gasteiger partial charge in [0, 0.05) is 18.6 Å². The van der Waals surface area contributed by atoms with Crippen molar-refractivity contribution in [2.24, 2.45) is 0 Å². The number of nitrogens with zero attached hydrogens (tertiary/aromatic N) is 1. The lowest BCUT2D eigenvalue weighted by molar-refractivity contribution is -0.646. The van der Waals surface area contributed by atoms with Gasteiger partial charge in [-0.2, -0.15) is 0 Å². The highest BCUT2D eigenvalue weighted by atomic mass is 127. The average Bonchev–Trinajstić information content (AvgIpc) is 1.89. The zero-order valence-corrected chi connectivity index (χ0v) is 8.08. The molecule has 1 rings (SSSR count). The maximum atomic E-state index is 5.55. The van der Waals surface area contributed by atoms with Crippen molar-refractivity contribution in [1.29, 1.82) is 0 Å². The van der Waals surface area contributed by atoms with E-state index in [4.69, 9.17) is 5.84 Å². The molecule has 0 unspecified atom stereocenters. The van der Waals surface area contributed by atoms with E-state index >= 15 is 0 Å². The van der Waals surface area contributed by atoms with Crippen molar-refractivity contribution < 1.29 is 28.7 Å². The van der Waals surface area contributed by atoms with Crippen molar-refractivity contribution in [2.45, 2.75) is 13.3 Å². The van der Waals surface area contributed by atoms with E-state index in [1.54, 1.807) is 4.68 Å². The van der Waals surface area contributed by atoms with E-state index in [1.807, 2.05) is 24.4 Å². The summed E-state index contributed by atoms with van der Waals surface area (Å²) in [6, 6.07) is 5.92. The Hall–Kier alpha value is -0.320. The first-order valence-electron chi connectivity index (χ1n) is 3.09. The van der Waals surface area contributed by atoms with Crippen LogP contribution in [0.2, 0.25) is 0 Å². The first kappa shape index (κ1) is 9.68. The molecular formula is C7H11IN2. The molecule has 1 aromatic rings. The molecule has 0 aliphatic rings. The second-order valence-electron chi connectivity index (χ2n) is 1.95. The monoisotopic (exact) mass is 250 g/mol. The highest BCUT2D eigenvalue weighted by Crippen LogP contribution is 1.88. The van der Waals surface area contributed by atoms with E-state index in [-0.39, 0.29) is 24.0 Å². The largest absolute Gasteiger partial charge is 1.00 e. The van der Waals surface area contributed by atoms with Crippen molar-refractivity contribution in [1.82, 2.24) is 0 Å². The summed E-state index contributed by atoms with van der Waals surface area (Å²) in [5.41, 5.74) is 1.15. The lowest BCUT2D eigenvalue weighted by Gasteiger charge is -1.90. The van der Waals surface area contributed by atoms with Gasteiger partial charge in [-0.25, -0.2) is 5.84 Å². The van der Waals surface area contributed by atoms with Gasteiger partial charge < -0.3 is 24.0 Å². The molecule has 1 aromatic heterocycles. The molecular weight excluding hydrogens is 239 g/mol. The third-order valence-corrected chi connectivity index (χ3v) is 1.34. The third kappa shape index (κ3) is 2.13. The maximum absolute atomic E-state index is 5.55. The van der Waals surface area contributed by atoms with E-state index in [1.165, 1.54) is 0 Å². The molecule has 0 bridgehead atoms. The second-order valence-corrected chi connectivity index (χ2v) is 1.95. The van der Waals surface area contributed by atoms with Gasteiger partial charge in [-0.15, -0.1) is 0 Å². The van der Waals surface area contributed by atoms with Crippen LogP contribution in [0.4, 0.5) is 0 Å². The van der Waals surface area contributed by atoms with Crippen LogP contribution in [0.3, 0.4) is 0 Å². The first-order chi connectivity index (χ1) is 4.34. The summed E-state index contributed by atoms with van der Waals surface area (Å²) in [7, 11) is 0. The molecule has 0 aliphatic heterocycles. The van der Waals surface area contributed by atoms with E-state index in [0.29, 0.717) is 0 Å². The maximum Gasteiger partial charge on any atom is 0.211 e. The van der Waals surface area contributed by atoms with Gasteiger partial charge in [-0.1, -0.05) is 11.6 Å². The van der Waals surface area contributed by atoms with Crippen LogP contribution < -0.4 is 34.5 Å². The average molecular weight is 250 g/mol. The molecule has 3 heteroatoms. The Balaban J connectivity index is 0.000000810. The Bertz CT molecular complexity index is 201. The van der Waals surface area contributed by atoms with Gasteiger partial charge in [0.1, 0.15) is 0 Å². The van der Waals surface area contributed by atoms with Gasteiger partial charge >= 0.3 is 0 Å². The molecule has 1 heterocycles. The van der Waals surface area contributed by atoms with Crippen LogP contribution in [0, 0.1) is 0 Å². The van der Waals surface area contributed by atoms with Gasteiger partial charge in [0.2, 0.25) is 5.69 Å². The fraction of sp³-hybridized carbons (Fsp3) is 0.286. The van der Waals surface area contributed by atoms with Crippen LogP contribution in [0.15, 0.2) is 24.4 Å². The smallest absolute Gasteiger partial charge is 0.211 e. The van der Waals surface area contributed by atoms with Gasteiger partial charge in [0.15, 0.2) is 6.20 Å². The summed E-state index contributed by atoms with van der Waals surface area (Å²) in [6.07, 6.45) is 2.83. The third-order valence-electron chi connectivity index (χ3n) is 1.34. The second kappa shape index (κ2) is 4.49. The number of hydrogen-bond acceptors (Lipinski definition) is 1. The van der Waals surface area contributed by atoms with Crippen molar-refractivity contribution in [3.63, 3.8) is 0 Å². The number of aryl methyl sites for hydroxylation is 1. The Morgan fingerprint density at radius 3 is 2.60 bits per heavy atom. The molecule has 0 fully saturated rings. The number of nitrogen functional groups attached to an aromatic ring is 1. The van der Waals surface area contributed by atoms with Crippen molar-refractivity contribution in [3.05, 3.63) is 30.1 Å². The Labute approximate surface area is 78.0 Å². The van der Waals surface area contributed by atoms with Crippen LogP contribution >= 0.6 is 0 Å². The SMILES string of the molecule is CCc1cccc[n+]1N.[I-]. The molecule has 0 aliphatic carbocycles. The van der Waals surface area contributed by atoms with E-state index in [2.05, 4.69) is 6.92 Å². The highest BCUT2D eigenvalue weighted by Gasteiger charge is 1.99. The molecule has 0 spiro atoms. The van der Waals surface area contributed by atoms with Crippen LogP contribution in [-0.2, 0) is 6.42 Å². The minimum Gasteiger partial charge on any atom is -1.00 e. The minimum atomic E-state index is 0. The lowest BCUT2D eigenvalue weighted by atomic mass is 10.3. The number of halogens is 1. The topological polar surface area (TPSA) is 29.9 Å². The van der Waals surface area contributed by atoms with Crippen LogP contribution in [0.5, 0.6) is 0 Å². The molecule has 10 heavy (non-hydrogen) atoms. The molecule has 0 radical (unpaired) electrons. The van der Waals surface area contributed by atoms with Gasteiger partial charge in [-0.05, 0) is 6.07 Å². The zero-order chi connectivity index (χ0) is 6.69. The number of pyridine rings is 1. The summed E-state index contributed by atoms with van der Waals surface area (Å²) in [6.45, 7) is 2.08. The quantitative estimate of drug-likeness (QED) is 0.327. The van der Waals surface area contributed by atoms with Gasteiger partial charge in [0.05, 0.1) is 0 Å². The molecule has 0 atom stereocenters. The molecule has 0 aromatic carbocycles. The molecule has 0 saturated heterocycles. The van der Waals surface area contributed by atoms with Gasteiger partial charge in [0.25, 0.3) is 0 Å². The predicted octanol–water partition coefficient (Wildman–Crippen LogP) is -2.75. The van der Waals surface area contributed by atoms with Crippen molar-refractivity contribution in [2.75, 3.05) is 5.84 Å². The van der Waals surface area contributed by atoms with Gasteiger partial charge in [-0.3, -0.25) is 0 Å². The standard InChI is InChI=1S/C7H11N2.HI/c1-2-7-5-3-4-6-9(7)8;/h3-6H,2,8H2,1H3;1H/q+1;/p-1. The number of hydrogen-bond donors (Lipinski definition) is 1. The molecule has 0 amide bonds. The summed E-state index contributed by atoms with van der Waals surface area (Å²) in [5.74, 6) is 5.55. The first-order valence-corrected chi connectivity index (χ1v) is 3.09. The summed E-state index contributed by atoms with van der Waals surface area (Å²) >= 11 is 0. The fourth-order valence-electron chi connectivity index (χ4n) is 0.791. The normalized spacial score (nSPS) is 8.50. The van der Waals surface area contributed by atoms with E-state index in [0.717, 1.165) is 12.1 Å². The summed E-state index contributed by atoms with van der Waals surface area (Å²) in [4.78, 5) is 0. The predicted molar refractivity (Wildman–Crippen MR) is 36.2 cm³/mol. The summed E-state index contributed by atoms with van der Waals surface area (Å²) < 4.78 is 1.64. The summed E-state index contributed by atoms with van der Waals surface area (Å²) in [5, 5.41) is 0. The molecule has 2 nitrogen and oxygen atoms in total. The minimum absolute atomic E-state index is 0. The van der Waals surface area contributed by atoms with E-state index in [9.17, 15) is 0 Å². The Morgan fingerprint density at radius 1 is 1.50 bits per heavy atom. The van der Waals surface area contributed by atoms with E-state index < -0.39 is 0 Å². The molecule has 2 N–H and O–H groups in total. The van der Waals surface area contributed by atoms with Crippen molar-refractivity contribution >= 4 is 0 Å². The number of nitrogens with two attached hydrogens (primary N) is 1. The Morgan fingerprint density at radius 2 is 2.20 bits per heavy atom. The number of rotatable bonds is 1. The fourth-order valence-corrected chi connectivity index (χ4v) is 0.791. The molecule has 56 valence electrons. The highest BCUT2D eigenvalue weighted by molar-refractivity contribution is 4.96. The lowest BCUT2D eigenvalue weighted by Crippen LogP contribution is -3.00. The zero-order valence-electron chi connectivity index (χ0n) is 5.92. The van der Waals surface area contributed by atoms with Crippen molar-refractivity contribution in [3.8, 4) is 0 Å². The number of aromatic nitrogens is 1.